The summed E-state index contributed by atoms with van der Waals surface area (Å²) in [4.78, 5) is 5.24. The fourth-order valence-electron chi connectivity index (χ4n) is 3.78. The molecule has 1 aromatic carbocycles. The lowest BCUT2D eigenvalue weighted by molar-refractivity contribution is 0.150. The molecule has 0 bridgehead atoms. The molecule has 2 heterocycles. The highest BCUT2D eigenvalue weighted by atomic mass is 16.5. The zero-order valence-electron chi connectivity index (χ0n) is 14.0. The number of methoxy groups -OCH3 is 1. The van der Waals surface area contributed by atoms with Gasteiger partial charge < -0.3 is 15.0 Å². The summed E-state index contributed by atoms with van der Waals surface area (Å²) in [6, 6.07) is 7.28. The van der Waals surface area contributed by atoms with E-state index in [1.54, 1.807) is 7.11 Å². The van der Waals surface area contributed by atoms with Gasteiger partial charge >= 0.3 is 0 Å². The van der Waals surface area contributed by atoms with Gasteiger partial charge in [0.15, 0.2) is 0 Å². The first-order chi connectivity index (χ1) is 10.8. The number of nitrogens with zero attached hydrogens (tertiary/aromatic N) is 2. The van der Waals surface area contributed by atoms with Gasteiger partial charge in [-0.05, 0) is 30.9 Å². The molecule has 4 nitrogen and oxygen atoms in total. The molecule has 0 unspecified atom stereocenters. The third kappa shape index (κ3) is 3.39. The van der Waals surface area contributed by atoms with Crippen LogP contribution >= 0.6 is 0 Å². The molecule has 0 radical (unpaired) electrons. The maximum atomic E-state index is 5.42. The Morgan fingerprint density at radius 1 is 1.14 bits per heavy atom. The van der Waals surface area contributed by atoms with Crippen molar-refractivity contribution in [1.82, 2.24) is 10.2 Å². The Hall–Kier alpha value is -1.26. The van der Waals surface area contributed by atoms with Crippen LogP contribution in [0.3, 0.4) is 0 Å². The predicted octanol–water partition coefficient (Wildman–Crippen LogP) is 2.13. The summed E-state index contributed by atoms with van der Waals surface area (Å²) < 4.78 is 5.42. The summed E-state index contributed by atoms with van der Waals surface area (Å²) >= 11 is 0. The molecular weight excluding hydrogens is 274 g/mol. The van der Waals surface area contributed by atoms with E-state index in [4.69, 9.17) is 4.74 Å². The van der Waals surface area contributed by atoms with E-state index in [1.807, 2.05) is 0 Å². The first-order valence-corrected chi connectivity index (χ1v) is 8.68. The third-order valence-electron chi connectivity index (χ3n) is 5.15. The zero-order valence-corrected chi connectivity index (χ0v) is 14.0. The highest BCUT2D eigenvalue weighted by molar-refractivity contribution is 5.57. The Morgan fingerprint density at radius 3 is 2.50 bits per heavy atom. The van der Waals surface area contributed by atoms with Crippen molar-refractivity contribution in [2.24, 2.45) is 0 Å². The zero-order chi connectivity index (χ0) is 15.4. The van der Waals surface area contributed by atoms with Gasteiger partial charge in [0.1, 0.15) is 5.75 Å². The third-order valence-corrected chi connectivity index (χ3v) is 5.15. The van der Waals surface area contributed by atoms with Crippen LogP contribution in [-0.4, -0.2) is 57.3 Å². The number of anilines is 1. The number of benzene rings is 1. The van der Waals surface area contributed by atoms with Gasteiger partial charge in [-0.15, -0.1) is 0 Å². The van der Waals surface area contributed by atoms with Crippen LogP contribution in [0.15, 0.2) is 18.2 Å². The molecule has 0 aromatic heterocycles. The molecule has 0 spiro atoms. The summed E-state index contributed by atoms with van der Waals surface area (Å²) in [6.07, 6.45) is 3.64. The van der Waals surface area contributed by atoms with Crippen LogP contribution in [0.1, 0.15) is 25.3 Å². The van der Waals surface area contributed by atoms with Crippen LogP contribution in [0.2, 0.25) is 0 Å². The first-order valence-electron chi connectivity index (χ1n) is 8.68. The molecule has 0 saturated carbocycles. The summed E-state index contributed by atoms with van der Waals surface area (Å²) in [5.41, 5.74) is 2.81. The topological polar surface area (TPSA) is 27.7 Å². The molecule has 122 valence electrons. The molecule has 4 heteroatoms. The van der Waals surface area contributed by atoms with E-state index < -0.39 is 0 Å². The maximum absolute atomic E-state index is 5.42. The van der Waals surface area contributed by atoms with Gasteiger partial charge in [-0.25, -0.2) is 0 Å². The van der Waals surface area contributed by atoms with Crippen molar-refractivity contribution in [2.45, 2.75) is 32.2 Å². The van der Waals surface area contributed by atoms with Crippen molar-refractivity contribution < 1.29 is 4.74 Å². The largest absolute Gasteiger partial charge is 0.497 e. The van der Waals surface area contributed by atoms with E-state index in [-0.39, 0.29) is 0 Å². The number of rotatable bonds is 4. The van der Waals surface area contributed by atoms with Crippen LogP contribution in [0.5, 0.6) is 5.75 Å². The average Bonchev–Trinajstić information content (AvgIpc) is 2.62. The lowest BCUT2D eigenvalue weighted by Gasteiger charge is -2.41. The molecule has 1 N–H and O–H groups in total. The molecule has 2 aliphatic heterocycles. The van der Waals surface area contributed by atoms with Crippen molar-refractivity contribution >= 4 is 5.69 Å². The van der Waals surface area contributed by atoms with Gasteiger partial charge in [-0.1, -0.05) is 13.0 Å². The van der Waals surface area contributed by atoms with Crippen LogP contribution in [0, 0.1) is 0 Å². The molecule has 0 aliphatic carbocycles. The molecular formula is C18H29N3O. The normalized spacial score (nSPS) is 21.1. The maximum Gasteiger partial charge on any atom is 0.120 e. The summed E-state index contributed by atoms with van der Waals surface area (Å²) in [6.45, 7) is 9.28. The molecule has 2 saturated heterocycles. The minimum Gasteiger partial charge on any atom is -0.497 e. The van der Waals surface area contributed by atoms with Crippen LogP contribution < -0.4 is 15.0 Å². The van der Waals surface area contributed by atoms with Crippen LogP contribution in [0.25, 0.3) is 0 Å². The number of hydrogen-bond donors (Lipinski definition) is 1. The van der Waals surface area contributed by atoms with E-state index in [0.717, 1.165) is 44.4 Å². The standard InChI is InChI=1S/C18H29N3O/c1-3-15-4-5-17(22-2)14-18(15)21-10-6-16(7-11-21)20-12-8-19-9-13-20/h4-5,14,16,19H,3,6-13H2,1-2H3. The van der Waals surface area contributed by atoms with Gasteiger partial charge in [-0.2, -0.15) is 0 Å². The Labute approximate surface area is 134 Å². The molecule has 22 heavy (non-hydrogen) atoms. The van der Waals surface area contributed by atoms with E-state index in [2.05, 4.69) is 40.2 Å². The van der Waals surface area contributed by atoms with Crippen molar-refractivity contribution in [3.8, 4) is 5.75 Å². The minimum atomic E-state index is 0.772. The lowest BCUT2D eigenvalue weighted by atomic mass is 10.00. The summed E-state index contributed by atoms with van der Waals surface area (Å²) in [5, 5.41) is 3.45. The average molecular weight is 303 g/mol. The number of piperazine rings is 1. The highest BCUT2D eigenvalue weighted by Crippen LogP contribution is 2.30. The second-order valence-electron chi connectivity index (χ2n) is 6.35. The van der Waals surface area contributed by atoms with Crippen LogP contribution in [0.4, 0.5) is 5.69 Å². The number of ether oxygens (including phenoxy) is 1. The van der Waals surface area contributed by atoms with Crippen molar-refractivity contribution in [2.75, 3.05) is 51.3 Å². The highest BCUT2D eigenvalue weighted by Gasteiger charge is 2.26. The van der Waals surface area contributed by atoms with Gasteiger partial charge in [0.05, 0.1) is 7.11 Å². The summed E-state index contributed by atoms with van der Waals surface area (Å²) in [7, 11) is 1.75. The van der Waals surface area contributed by atoms with Crippen molar-refractivity contribution in [3.05, 3.63) is 23.8 Å². The predicted molar refractivity (Wildman–Crippen MR) is 92.0 cm³/mol. The second kappa shape index (κ2) is 7.34. The Morgan fingerprint density at radius 2 is 1.86 bits per heavy atom. The molecule has 3 rings (SSSR count). The SMILES string of the molecule is CCc1ccc(OC)cc1N1CCC(N2CCNCC2)CC1. The first kappa shape index (κ1) is 15.6. The van der Waals surface area contributed by atoms with Gasteiger partial charge in [0.2, 0.25) is 0 Å². The molecule has 1 aromatic rings. The molecule has 2 fully saturated rings. The van der Waals surface area contributed by atoms with Crippen molar-refractivity contribution in [3.63, 3.8) is 0 Å². The number of nitrogens with one attached hydrogen (secondary N) is 1. The quantitative estimate of drug-likeness (QED) is 0.922. The van der Waals surface area contributed by atoms with E-state index in [9.17, 15) is 0 Å². The summed E-state index contributed by atoms with van der Waals surface area (Å²) in [5.74, 6) is 0.969. The number of piperidine rings is 1. The Balaban J connectivity index is 1.65. The number of hydrogen-bond acceptors (Lipinski definition) is 4. The Bertz CT molecular complexity index is 477. The smallest absolute Gasteiger partial charge is 0.120 e. The monoisotopic (exact) mass is 303 g/mol. The van der Waals surface area contributed by atoms with E-state index in [0.29, 0.717) is 0 Å². The van der Waals surface area contributed by atoms with Gasteiger partial charge in [-0.3, -0.25) is 4.90 Å². The minimum absolute atomic E-state index is 0.772. The number of aryl methyl sites for hydroxylation is 1. The van der Waals surface area contributed by atoms with E-state index >= 15 is 0 Å². The molecule has 0 atom stereocenters. The Kier molecular flexibility index (Phi) is 5.21. The molecule has 2 aliphatic rings. The second-order valence-corrected chi connectivity index (χ2v) is 6.35. The molecule has 0 amide bonds. The van der Waals surface area contributed by atoms with Crippen LogP contribution in [-0.2, 0) is 6.42 Å². The van der Waals surface area contributed by atoms with Gasteiger partial charge in [0.25, 0.3) is 0 Å². The fraction of sp³-hybridized carbons (Fsp3) is 0.667. The van der Waals surface area contributed by atoms with Gasteiger partial charge in [0, 0.05) is 57.1 Å². The van der Waals surface area contributed by atoms with E-state index in [1.165, 1.54) is 37.2 Å². The fourth-order valence-corrected chi connectivity index (χ4v) is 3.78. The van der Waals surface area contributed by atoms with Crippen molar-refractivity contribution in [1.29, 1.82) is 0 Å². The lowest BCUT2D eigenvalue weighted by Crippen LogP contribution is -2.52.